The summed E-state index contributed by atoms with van der Waals surface area (Å²) in [5, 5.41) is 0. The summed E-state index contributed by atoms with van der Waals surface area (Å²) in [7, 11) is 0. The van der Waals surface area contributed by atoms with E-state index in [1.165, 1.54) is 21.9 Å². The third-order valence-corrected chi connectivity index (χ3v) is 6.29. The first-order valence-electron chi connectivity index (χ1n) is 9.43. The number of nitrogens with one attached hydrogen (secondary N) is 1. The van der Waals surface area contributed by atoms with Crippen LogP contribution in [0.4, 0.5) is 13.2 Å². The molecule has 0 aliphatic carbocycles. The second kappa shape index (κ2) is 7.76. The molecule has 152 valence electrons. The maximum Gasteiger partial charge on any atom is 0.416 e. The second-order valence-electron chi connectivity index (χ2n) is 7.10. The molecule has 2 aromatic heterocycles. The monoisotopic (exact) mass is 419 g/mol. The Labute approximate surface area is 170 Å². The summed E-state index contributed by atoms with van der Waals surface area (Å²) >= 11 is 1.79. The van der Waals surface area contributed by atoms with Gasteiger partial charge in [0.2, 0.25) is 0 Å². The molecule has 3 heterocycles. The van der Waals surface area contributed by atoms with Crippen LogP contribution in [0.3, 0.4) is 0 Å². The lowest BCUT2D eigenvalue weighted by Gasteiger charge is -2.27. The summed E-state index contributed by atoms with van der Waals surface area (Å²) in [5.74, 6) is 0.307. The fourth-order valence-corrected chi connectivity index (χ4v) is 4.49. The topological polar surface area (TPSA) is 49.0 Å². The SMILES string of the molecule is CCc1ccc(CN2CCc3nc(-c4ccc(C(F)(F)F)cc4)[nH]c(=O)c3C2)s1. The summed E-state index contributed by atoms with van der Waals surface area (Å²) in [5.41, 5.74) is 0.873. The van der Waals surface area contributed by atoms with Gasteiger partial charge in [-0.25, -0.2) is 4.98 Å². The van der Waals surface area contributed by atoms with Crippen LogP contribution >= 0.6 is 11.3 Å². The van der Waals surface area contributed by atoms with Gasteiger partial charge in [-0.2, -0.15) is 13.2 Å². The van der Waals surface area contributed by atoms with Gasteiger partial charge in [-0.15, -0.1) is 11.3 Å². The van der Waals surface area contributed by atoms with Gasteiger partial charge in [-0.05, 0) is 30.7 Å². The van der Waals surface area contributed by atoms with Crippen LogP contribution in [0.5, 0.6) is 0 Å². The van der Waals surface area contributed by atoms with Crippen molar-refractivity contribution in [3.63, 3.8) is 0 Å². The number of thiophene rings is 1. The first-order valence-corrected chi connectivity index (χ1v) is 10.2. The predicted octanol–water partition coefficient (Wildman–Crippen LogP) is 4.64. The zero-order chi connectivity index (χ0) is 20.6. The van der Waals surface area contributed by atoms with Crippen LogP contribution in [0.2, 0.25) is 0 Å². The number of hydrogen-bond donors (Lipinski definition) is 1. The summed E-state index contributed by atoms with van der Waals surface area (Å²) in [4.78, 5) is 24.7. The molecule has 0 unspecified atom stereocenters. The fourth-order valence-electron chi connectivity index (χ4n) is 3.49. The molecule has 8 heteroatoms. The Morgan fingerprint density at radius 3 is 2.52 bits per heavy atom. The van der Waals surface area contributed by atoms with Crippen molar-refractivity contribution in [3.05, 3.63) is 73.3 Å². The molecule has 0 saturated carbocycles. The molecule has 0 radical (unpaired) electrons. The van der Waals surface area contributed by atoms with Crippen LogP contribution in [-0.2, 0) is 32.1 Å². The molecule has 29 heavy (non-hydrogen) atoms. The minimum atomic E-state index is -4.39. The first-order chi connectivity index (χ1) is 13.8. The highest BCUT2D eigenvalue weighted by Gasteiger charge is 2.30. The number of alkyl halides is 3. The molecule has 0 bridgehead atoms. The lowest BCUT2D eigenvalue weighted by molar-refractivity contribution is -0.137. The van der Waals surface area contributed by atoms with Crippen LogP contribution < -0.4 is 5.56 Å². The molecule has 1 N–H and O–H groups in total. The second-order valence-corrected chi connectivity index (χ2v) is 8.35. The van der Waals surface area contributed by atoms with E-state index in [9.17, 15) is 18.0 Å². The third-order valence-electron chi connectivity index (χ3n) is 5.08. The highest BCUT2D eigenvalue weighted by atomic mass is 32.1. The van der Waals surface area contributed by atoms with E-state index in [2.05, 4.69) is 33.9 Å². The number of rotatable bonds is 4. The van der Waals surface area contributed by atoms with E-state index in [1.807, 2.05) is 0 Å². The van der Waals surface area contributed by atoms with E-state index >= 15 is 0 Å². The summed E-state index contributed by atoms with van der Waals surface area (Å²) in [6.07, 6.45) is -2.73. The number of H-pyrrole nitrogens is 1. The molecule has 3 aromatic rings. The van der Waals surface area contributed by atoms with Crippen LogP contribution in [0.25, 0.3) is 11.4 Å². The Hall–Kier alpha value is -2.45. The molecular formula is C21H20F3N3OS. The number of aryl methyl sites for hydroxylation is 1. The summed E-state index contributed by atoms with van der Waals surface area (Å²) < 4.78 is 38.2. The van der Waals surface area contributed by atoms with Crippen molar-refractivity contribution >= 4 is 11.3 Å². The average Bonchev–Trinajstić information content (AvgIpc) is 3.15. The Morgan fingerprint density at radius 2 is 1.86 bits per heavy atom. The quantitative estimate of drug-likeness (QED) is 0.670. The van der Waals surface area contributed by atoms with Crippen molar-refractivity contribution in [1.82, 2.24) is 14.9 Å². The molecule has 0 fully saturated rings. The number of aromatic nitrogens is 2. The van der Waals surface area contributed by atoms with Gasteiger partial charge in [0.05, 0.1) is 16.8 Å². The maximum atomic E-state index is 12.7. The largest absolute Gasteiger partial charge is 0.416 e. The fraction of sp³-hybridized carbons (Fsp3) is 0.333. The smallest absolute Gasteiger partial charge is 0.306 e. The minimum Gasteiger partial charge on any atom is -0.306 e. The molecule has 1 aliphatic heterocycles. The highest BCUT2D eigenvalue weighted by molar-refractivity contribution is 7.11. The first kappa shape index (κ1) is 19.8. The molecule has 0 amide bonds. The van der Waals surface area contributed by atoms with E-state index in [1.54, 1.807) is 11.3 Å². The zero-order valence-corrected chi connectivity index (χ0v) is 16.7. The van der Waals surface area contributed by atoms with E-state index in [0.29, 0.717) is 29.9 Å². The van der Waals surface area contributed by atoms with Gasteiger partial charge in [-0.1, -0.05) is 19.1 Å². The molecular weight excluding hydrogens is 399 g/mol. The lowest BCUT2D eigenvalue weighted by Crippen LogP contribution is -2.35. The van der Waals surface area contributed by atoms with Gasteiger partial charge in [0.1, 0.15) is 5.82 Å². The average molecular weight is 419 g/mol. The minimum absolute atomic E-state index is 0.227. The van der Waals surface area contributed by atoms with Crippen molar-refractivity contribution in [1.29, 1.82) is 0 Å². The maximum absolute atomic E-state index is 12.7. The molecule has 0 saturated heterocycles. The van der Waals surface area contributed by atoms with Crippen molar-refractivity contribution in [2.45, 2.75) is 39.0 Å². The number of fused-ring (bicyclic) bond motifs is 1. The summed E-state index contributed by atoms with van der Waals surface area (Å²) in [6, 6.07) is 8.96. The van der Waals surface area contributed by atoms with E-state index in [4.69, 9.17) is 0 Å². The molecule has 4 nitrogen and oxygen atoms in total. The van der Waals surface area contributed by atoms with Gasteiger partial charge in [0.15, 0.2) is 0 Å². The molecule has 0 spiro atoms. The number of hydrogen-bond acceptors (Lipinski definition) is 4. The van der Waals surface area contributed by atoms with Crippen LogP contribution in [0, 0.1) is 0 Å². The van der Waals surface area contributed by atoms with Gasteiger partial charge in [-0.3, -0.25) is 9.69 Å². The molecule has 0 atom stereocenters. The van der Waals surface area contributed by atoms with Crippen molar-refractivity contribution in [3.8, 4) is 11.4 Å². The van der Waals surface area contributed by atoms with Crippen LogP contribution in [0.15, 0.2) is 41.2 Å². The van der Waals surface area contributed by atoms with E-state index in [0.717, 1.165) is 37.3 Å². The zero-order valence-electron chi connectivity index (χ0n) is 15.8. The Kier molecular flexibility index (Phi) is 5.31. The van der Waals surface area contributed by atoms with Crippen molar-refractivity contribution in [2.24, 2.45) is 0 Å². The molecule has 1 aromatic carbocycles. The highest BCUT2D eigenvalue weighted by Crippen LogP contribution is 2.30. The van der Waals surface area contributed by atoms with Gasteiger partial charge < -0.3 is 4.98 Å². The van der Waals surface area contributed by atoms with Crippen molar-refractivity contribution < 1.29 is 13.2 Å². The van der Waals surface area contributed by atoms with Gasteiger partial charge >= 0.3 is 6.18 Å². The van der Waals surface area contributed by atoms with Gasteiger partial charge in [0.25, 0.3) is 5.56 Å². The molecule has 1 aliphatic rings. The van der Waals surface area contributed by atoms with Crippen molar-refractivity contribution in [2.75, 3.05) is 6.54 Å². The number of aromatic amines is 1. The van der Waals surface area contributed by atoms with Gasteiger partial charge in [0, 0.05) is 41.4 Å². The van der Waals surface area contributed by atoms with E-state index < -0.39 is 11.7 Å². The Morgan fingerprint density at radius 1 is 1.14 bits per heavy atom. The Bertz CT molecular complexity index is 1070. The normalized spacial score (nSPS) is 14.8. The number of halogens is 3. The van der Waals surface area contributed by atoms with E-state index in [-0.39, 0.29) is 5.56 Å². The molecule has 4 rings (SSSR count). The Balaban J connectivity index is 1.54. The standard InChI is InChI=1S/C21H20F3N3OS/c1-2-15-7-8-16(29-15)11-27-10-9-18-17(12-27)20(28)26-19(25-18)13-3-5-14(6-4-13)21(22,23)24/h3-8H,2,9-12H2,1H3,(H,25,26,28). The van der Waals surface area contributed by atoms with Crippen LogP contribution in [-0.4, -0.2) is 21.4 Å². The number of benzene rings is 1. The lowest BCUT2D eigenvalue weighted by atomic mass is 10.1. The summed E-state index contributed by atoms with van der Waals surface area (Å²) in [6.45, 7) is 4.23. The predicted molar refractivity (Wildman–Crippen MR) is 107 cm³/mol. The van der Waals surface area contributed by atoms with Crippen LogP contribution in [0.1, 0.15) is 33.5 Å². The third kappa shape index (κ3) is 4.28. The number of nitrogens with zero attached hydrogens (tertiary/aromatic N) is 2.